The largest absolute Gasteiger partial charge is 0.353 e. The number of aromatic nitrogens is 1. The van der Waals surface area contributed by atoms with Gasteiger partial charge in [-0.3, -0.25) is 4.79 Å². The van der Waals surface area contributed by atoms with Crippen molar-refractivity contribution in [2.45, 2.75) is 38.5 Å². The lowest BCUT2D eigenvalue weighted by Crippen LogP contribution is -2.49. The van der Waals surface area contributed by atoms with Crippen molar-refractivity contribution in [3.05, 3.63) is 22.8 Å². The molecule has 5 heteroatoms. The number of carbonyl (C=O) groups is 1. The van der Waals surface area contributed by atoms with Crippen LogP contribution in [0, 0.1) is 5.92 Å². The number of halogens is 1. The molecule has 0 unspecified atom stereocenters. The number of hydrogen-bond donors (Lipinski definition) is 0. The van der Waals surface area contributed by atoms with Gasteiger partial charge in [-0.2, -0.15) is 0 Å². The molecule has 1 aliphatic carbocycles. The summed E-state index contributed by atoms with van der Waals surface area (Å²) in [6.45, 7) is 3.40. The molecular weight excluding hydrogens is 342 g/mol. The topological polar surface area (TPSA) is 36.4 Å². The summed E-state index contributed by atoms with van der Waals surface area (Å²) in [5, 5.41) is 0. The Kier molecular flexibility index (Phi) is 5.34. The van der Waals surface area contributed by atoms with Crippen LogP contribution in [-0.4, -0.2) is 42.0 Å². The van der Waals surface area contributed by atoms with E-state index in [-0.39, 0.29) is 0 Å². The minimum Gasteiger partial charge on any atom is -0.353 e. The van der Waals surface area contributed by atoms with Crippen molar-refractivity contribution in [3.8, 4) is 0 Å². The third-order valence-corrected chi connectivity index (χ3v) is 5.38. The van der Waals surface area contributed by atoms with Crippen molar-refractivity contribution in [1.82, 2.24) is 9.88 Å². The summed E-state index contributed by atoms with van der Waals surface area (Å²) in [5.41, 5.74) is 0. The van der Waals surface area contributed by atoms with E-state index < -0.39 is 0 Å². The van der Waals surface area contributed by atoms with E-state index in [4.69, 9.17) is 0 Å². The second-order valence-electron chi connectivity index (χ2n) is 6.39. The molecule has 0 bridgehead atoms. The monoisotopic (exact) mass is 365 g/mol. The van der Waals surface area contributed by atoms with Gasteiger partial charge in [-0.1, -0.05) is 25.7 Å². The molecule has 1 amide bonds. The van der Waals surface area contributed by atoms with Crippen molar-refractivity contribution in [2.24, 2.45) is 5.92 Å². The van der Waals surface area contributed by atoms with Gasteiger partial charge in [-0.05, 0) is 40.4 Å². The smallest absolute Gasteiger partial charge is 0.222 e. The Morgan fingerprint density at radius 3 is 2.55 bits per heavy atom. The van der Waals surface area contributed by atoms with Crippen LogP contribution in [0.5, 0.6) is 0 Å². The number of rotatable bonds is 4. The summed E-state index contributed by atoms with van der Waals surface area (Å²) in [7, 11) is 0. The first-order chi connectivity index (χ1) is 10.7. The molecule has 2 aliphatic rings. The molecule has 0 N–H and O–H groups in total. The molecule has 4 nitrogen and oxygen atoms in total. The molecule has 2 heterocycles. The highest BCUT2D eigenvalue weighted by atomic mass is 79.9. The van der Waals surface area contributed by atoms with E-state index in [2.05, 4.69) is 25.8 Å². The van der Waals surface area contributed by atoms with E-state index in [9.17, 15) is 4.79 Å². The molecule has 3 rings (SSSR count). The normalized spacial score (nSPS) is 19.7. The van der Waals surface area contributed by atoms with Crippen LogP contribution >= 0.6 is 15.9 Å². The van der Waals surface area contributed by atoms with Crippen LogP contribution in [0.4, 0.5) is 5.82 Å². The fraction of sp³-hybridized carbons (Fsp3) is 0.647. The Labute approximate surface area is 141 Å². The van der Waals surface area contributed by atoms with Crippen LogP contribution in [0.15, 0.2) is 22.8 Å². The predicted molar refractivity (Wildman–Crippen MR) is 91.9 cm³/mol. The molecule has 120 valence electrons. The minimum absolute atomic E-state index is 0.343. The summed E-state index contributed by atoms with van der Waals surface area (Å²) in [6, 6.07) is 4.04. The van der Waals surface area contributed by atoms with Gasteiger partial charge in [0.1, 0.15) is 5.82 Å². The molecular formula is C17H24BrN3O. The van der Waals surface area contributed by atoms with Gasteiger partial charge in [0.15, 0.2) is 0 Å². The first-order valence-corrected chi connectivity index (χ1v) is 9.16. The van der Waals surface area contributed by atoms with Gasteiger partial charge in [0.25, 0.3) is 0 Å². The third kappa shape index (κ3) is 4.00. The Morgan fingerprint density at radius 2 is 1.91 bits per heavy atom. The number of anilines is 1. The van der Waals surface area contributed by atoms with Crippen molar-refractivity contribution in [2.75, 3.05) is 31.1 Å². The highest BCUT2D eigenvalue weighted by Crippen LogP contribution is 2.28. The predicted octanol–water partition coefficient (Wildman–Crippen LogP) is 3.46. The summed E-state index contributed by atoms with van der Waals surface area (Å²) < 4.78 is 0.997. The summed E-state index contributed by atoms with van der Waals surface area (Å²) in [5.74, 6) is 2.15. The zero-order valence-corrected chi connectivity index (χ0v) is 14.6. The summed E-state index contributed by atoms with van der Waals surface area (Å²) in [6.07, 6.45) is 9.03. The fourth-order valence-corrected chi connectivity index (χ4v) is 3.76. The average molecular weight is 366 g/mol. The molecule has 0 radical (unpaired) electrons. The molecule has 2 fully saturated rings. The lowest BCUT2D eigenvalue weighted by Gasteiger charge is -2.35. The van der Waals surface area contributed by atoms with Gasteiger partial charge < -0.3 is 9.80 Å². The van der Waals surface area contributed by atoms with Gasteiger partial charge >= 0.3 is 0 Å². The number of piperazine rings is 1. The van der Waals surface area contributed by atoms with Gasteiger partial charge in [0.2, 0.25) is 5.91 Å². The highest BCUT2D eigenvalue weighted by molar-refractivity contribution is 9.10. The molecule has 0 spiro atoms. The first kappa shape index (κ1) is 15.8. The van der Waals surface area contributed by atoms with Crippen LogP contribution < -0.4 is 4.90 Å². The molecule has 1 saturated carbocycles. The van der Waals surface area contributed by atoms with Crippen LogP contribution in [-0.2, 0) is 4.79 Å². The molecule has 0 atom stereocenters. The van der Waals surface area contributed by atoms with E-state index in [1.54, 1.807) is 0 Å². The SMILES string of the molecule is O=C(CCC1CCCC1)N1CCN(c2ccc(Br)cn2)CC1. The lowest BCUT2D eigenvalue weighted by atomic mass is 10.0. The lowest BCUT2D eigenvalue weighted by molar-refractivity contribution is -0.131. The van der Waals surface area contributed by atoms with Crippen LogP contribution in [0.3, 0.4) is 0 Å². The molecule has 22 heavy (non-hydrogen) atoms. The van der Waals surface area contributed by atoms with E-state index in [1.807, 2.05) is 23.2 Å². The number of amides is 1. The van der Waals surface area contributed by atoms with Crippen molar-refractivity contribution in [1.29, 1.82) is 0 Å². The molecule has 0 aromatic carbocycles. The Bertz CT molecular complexity index is 491. The van der Waals surface area contributed by atoms with Crippen molar-refractivity contribution >= 4 is 27.7 Å². The maximum absolute atomic E-state index is 12.3. The number of carbonyl (C=O) groups excluding carboxylic acids is 1. The second-order valence-corrected chi connectivity index (χ2v) is 7.31. The van der Waals surface area contributed by atoms with E-state index in [1.165, 1.54) is 25.7 Å². The molecule has 1 saturated heterocycles. The van der Waals surface area contributed by atoms with Gasteiger partial charge in [-0.25, -0.2) is 4.98 Å². The van der Waals surface area contributed by atoms with Crippen LogP contribution in [0.2, 0.25) is 0 Å². The standard InChI is InChI=1S/C17H24BrN3O/c18-15-6-7-16(19-13-15)20-9-11-21(12-10-20)17(22)8-5-14-3-1-2-4-14/h6-7,13-14H,1-5,8-12H2. The molecule has 1 aromatic heterocycles. The van der Waals surface area contributed by atoms with Gasteiger partial charge in [-0.15, -0.1) is 0 Å². The molecule has 1 aromatic rings. The Morgan fingerprint density at radius 1 is 1.18 bits per heavy atom. The maximum Gasteiger partial charge on any atom is 0.222 e. The Balaban J connectivity index is 1.44. The van der Waals surface area contributed by atoms with Gasteiger partial charge in [0, 0.05) is 43.3 Å². The van der Waals surface area contributed by atoms with Crippen LogP contribution in [0.25, 0.3) is 0 Å². The summed E-state index contributed by atoms with van der Waals surface area (Å²) in [4.78, 5) is 21.1. The average Bonchev–Trinajstić information content (AvgIpc) is 3.07. The quantitative estimate of drug-likeness (QED) is 0.819. The molecule has 1 aliphatic heterocycles. The number of nitrogens with zero attached hydrogens (tertiary/aromatic N) is 3. The maximum atomic E-state index is 12.3. The Hall–Kier alpha value is -1.10. The number of pyridine rings is 1. The third-order valence-electron chi connectivity index (χ3n) is 4.91. The van der Waals surface area contributed by atoms with Crippen LogP contribution in [0.1, 0.15) is 38.5 Å². The first-order valence-electron chi connectivity index (χ1n) is 8.36. The summed E-state index contributed by atoms with van der Waals surface area (Å²) >= 11 is 3.41. The minimum atomic E-state index is 0.343. The van der Waals surface area contributed by atoms with Crippen molar-refractivity contribution < 1.29 is 4.79 Å². The zero-order chi connectivity index (χ0) is 15.4. The second kappa shape index (κ2) is 7.44. The van der Waals surface area contributed by atoms with Crippen molar-refractivity contribution in [3.63, 3.8) is 0 Å². The zero-order valence-electron chi connectivity index (χ0n) is 13.0. The van der Waals surface area contributed by atoms with E-state index >= 15 is 0 Å². The van der Waals surface area contributed by atoms with Gasteiger partial charge in [0.05, 0.1) is 0 Å². The van der Waals surface area contributed by atoms with E-state index in [0.717, 1.165) is 55.2 Å². The van der Waals surface area contributed by atoms with E-state index in [0.29, 0.717) is 5.91 Å². The fourth-order valence-electron chi connectivity index (χ4n) is 3.52. The number of hydrogen-bond acceptors (Lipinski definition) is 3. The highest BCUT2D eigenvalue weighted by Gasteiger charge is 2.23.